The molecule has 0 amide bonds. The standard InChI is InChI=1S/C21H34O3.C20H32O2.C10H14O/c1-5-16(2)19-11-12-20(21(15-19)22-4)24-17(3)23-14-13-18-9-7-6-8-10-18;1-4-16(2)19-10-12-20(13-11-19)22-17(3)21-15-14-18-8-6-5-7-9-18;1-3-8(2)9-4-6-10(11)7-5-9/h11-12,15-18H,5-10,13-14H2,1-4H3;10-13,16-18H,4-9,14-15H2,1-3H3;4-8,11H,3H2,1-2H3. The van der Waals surface area contributed by atoms with Crippen molar-refractivity contribution in [2.45, 2.75) is 182 Å². The zero-order valence-electron chi connectivity index (χ0n) is 37.4. The van der Waals surface area contributed by atoms with Crippen LogP contribution in [0.1, 0.15) is 186 Å². The van der Waals surface area contributed by atoms with E-state index in [-0.39, 0.29) is 12.6 Å². The average molecular weight is 789 g/mol. The molecule has 2 saturated carbocycles. The van der Waals surface area contributed by atoms with Crippen LogP contribution in [0.5, 0.6) is 23.0 Å². The zero-order valence-corrected chi connectivity index (χ0v) is 37.4. The smallest absolute Gasteiger partial charge is 0.197 e. The summed E-state index contributed by atoms with van der Waals surface area (Å²) in [6.07, 6.45) is 19.2. The van der Waals surface area contributed by atoms with Crippen molar-refractivity contribution in [3.8, 4) is 23.0 Å². The van der Waals surface area contributed by atoms with Crippen LogP contribution in [-0.4, -0.2) is 38.0 Å². The van der Waals surface area contributed by atoms with Crippen molar-refractivity contribution in [2.75, 3.05) is 20.3 Å². The first kappa shape index (κ1) is 48.2. The van der Waals surface area contributed by atoms with Gasteiger partial charge in [-0.3, -0.25) is 0 Å². The van der Waals surface area contributed by atoms with E-state index >= 15 is 0 Å². The van der Waals surface area contributed by atoms with E-state index in [1.165, 1.54) is 93.7 Å². The number of aromatic hydroxyl groups is 1. The van der Waals surface area contributed by atoms with Gasteiger partial charge < -0.3 is 28.8 Å². The molecule has 0 bridgehead atoms. The van der Waals surface area contributed by atoms with Crippen LogP contribution in [0.3, 0.4) is 0 Å². The van der Waals surface area contributed by atoms with Crippen molar-refractivity contribution in [3.05, 3.63) is 83.4 Å². The fraction of sp³-hybridized carbons (Fsp3) is 0.647. The summed E-state index contributed by atoms with van der Waals surface area (Å²) in [5.74, 6) is 6.23. The molecule has 2 fully saturated rings. The van der Waals surface area contributed by atoms with Crippen LogP contribution in [-0.2, 0) is 9.47 Å². The highest BCUT2D eigenvalue weighted by atomic mass is 16.7. The van der Waals surface area contributed by atoms with Crippen molar-refractivity contribution < 1.29 is 28.8 Å². The first-order valence-electron chi connectivity index (χ1n) is 22.7. The summed E-state index contributed by atoms with van der Waals surface area (Å²) in [5.41, 5.74) is 3.96. The molecule has 0 aliphatic heterocycles. The molecule has 6 heteroatoms. The second-order valence-electron chi connectivity index (χ2n) is 16.7. The lowest BCUT2D eigenvalue weighted by molar-refractivity contribution is -0.0721. The number of phenols is 1. The van der Waals surface area contributed by atoms with Gasteiger partial charge in [-0.25, -0.2) is 0 Å². The van der Waals surface area contributed by atoms with Crippen molar-refractivity contribution in [2.24, 2.45) is 11.8 Å². The van der Waals surface area contributed by atoms with E-state index < -0.39 is 0 Å². The lowest BCUT2D eigenvalue weighted by Crippen LogP contribution is -2.19. The van der Waals surface area contributed by atoms with E-state index in [0.29, 0.717) is 23.5 Å². The summed E-state index contributed by atoms with van der Waals surface area (Å²) in [4.78, 5) is 0. The summed E-state index contributed by atoms with van der Waals surface area (Å²) in [6, 6.07) is 22.1. The first-order chi connectivity index (χ1) is 27.6. The molecule has 2 aliphatic carbocycles. The monoisotopic (exact) mass is 789 g/mol. The molecule has 3 aromatic rings. The predicted molar refractivity (Wildman–Crippen MR) is 238 cm³/mol. The lowest BCUT2D eigenvalue weighted by atomic mass is 9.87. The Morgan fingerprint density at radius 2 is 0.947 bits per heavy atom. The Morgan fingerprint density at radius 3 is 1.40 bits per heavy atom. The Labute approximate surface area is 348 Å². The topological polar surface area (TPSA) is 66.4 Å². The fourth-order valence-corrected chi connectivity index (χ4v) is 7.66. The van der Waals surface area contributed by atoms with Crippen LogP contribution < -0.4 is 14.2 Å². The van der Waals surface area contributed by atoms with Gasteiger partial charge in [0.1, 0.15) is 11.5 Å². The molecular formula is C51H80O6. The maximum atomic E-state index is 9.01. The largest absolute Gasteiger partial charge is 0.508 e. The van der Waals surface area contributed by atoms with Crippen LogP contribution in [0.25, 0.3) is 0 Å². The van der Waals surface area contributed by atoms with Gasteiger partial charge in [-0.2, -0.15) is 0 Å². The minimum atomic E-state index is -0.253. The molecule has 0 aromatic heterocycles. The van der Waals surface area contributed by atoms with Crippen LogP contribution >= 0.6 is 0 Å². The summed E-state index contributed by atoms with van der Waals surface area (Å²) >= 11 is 0. The molecule has 0 spiro atoms. The van der Waals surface area contributed by atoms with Gasteiger partial charge in [0.15, 0.2) is 24.1 Å². The SMILES string of the molecule is CCC(C)c1ccc(O)cc1.CCC(C)c1ccc(OC(C)OCCC2CCCCC2)c(OC)c1.CCC(C)c1ccc(OC(C)OCCC2CCCCC2)cc1. The molecular weight excluding hydrogens is 709 g/mol. The van der Waals surface area contributed by atoms with Gasteiger partial charge in [-0.15, -0.1) is 0 Å². The molecule has 3 aromatic carbocycles. The lowest BCUT2D eigenvalue weighted by Gasteiger charge is -2.23. The average Bonchev–Trinajstić information content (AvgIpc) is 3.24. The molecule has 5 atom stereocenters. The molecule has 0 heterocycles. The highest BCUT2D eigenvalue weighted by molar-refractivity contribution is 5.44. The van der Waals surface area contributed by atoms with Crippen LogP contribution in [0.4, 0.5) is 0 Å². The highest BCUT2D eigenvalue weighted by Gasteiger charge is 2.17. The van der Waals surface area contributed by atoms with Gasteiger partial charge in [-0.1, -0.05) is 136 Å². The minimum Gasteiger partial charge on any atom is -0.508 e. The summed E-state index contributed by atoms with van der Waals surface area (Å²) in [7, 11) is 1.69. The molecule has 2 aliphatic rings. The Hall–Kier alpha value is -3.22. The van der Waals surface area contributed by atoms with Crippen molar-refractivity contribution in [3.63, 3.8) is 0 Å². The minimum absolute atomic E-state index is 0.168. The van der Waals surface area contributed by atoms with E-state index in [2.05, 4.69) is 77.9 Å². The van der Waals surface area contributed by atoms with Gasteiger partial charge in [0, 0.05) is 0 Å². The summed E-state index contributed by atoms with van der Waals surface area (Å²) in [5, 5.41) is 9.01. The quantitative estimate of drug-likeness (QED) is 0.122. The Balaban J connectivity index is 0.000000244. The Bertz CT molecular complexity index is 1440. The van der Waals surface area contributed by atoms with Crippen molar-refractivity contribution >= 4 is 0 Å². The number of benzene rings is 3. The van der Waals surface area contributed by atoms with E-state index in [0.717, 1.165) is 61.6 Å². The molecule has 320 valence electrons. The molecule has 0 saturated heterocycles. The zero-order chi connectivity index (χ0) is 41.4. The molecule has 5 unspecified atom stereocenters. The molecule has 1 N–H and O–H groups in total. The molecule has 6 nitrogen and oxygen atoms in total. The number of hydrogen-bond acceptors (Lipinski definition) is 6. The highest BCUT2D eigenvalue weighted by Crippen LogP contribution is 2.33. The van der Waals surface area contributed by atoms with Crippen LogP contribution in [0, 0.1) is 11.8 Å². The summed E-state index contributed by atoms with van der Waals surface area (Å²) < 4.78 is 29.0. The number of rotatable bonds is 19. The number of phenolic OH excluding ortho intramolecular Hbond substituents is 1. The van der Waals surface area contributed by atoms with E-state index in [9.17, 15) is 0 Å². The predicted octanol–water partition coefficient (Wildman–Crippen LogP) is 14.7. The molecule has 0 radical (unpaired) electrons. The van der Waals surface area contributed by atoms with Gasteiger partial charge in [0.2, 0.25) is 0 Å². The Kier molecular flexibility index (Phi) is 23.2. The molecule has 5 rings (SSSR count). The third-order valence-corrected chi connectivity index (χ3v) is 12.3. The Morgan fingerprint density at radius 1 is 0.526 bits per heavy atom. The van der Waals surface area contributed by atoms with Gasteiger partial charge in [0.25, 0.3) is 0 Å². The second kappa shape index (κ2) is 27.5. The van der Waals surface area contributed by atoms with E-state index in [4.69, 9.17) is 28.8 Å². The fourth-order valence-electron chi connectivity index (χ4n) is 7.66. The maximum absolute atomic E-state index is 9.01. The summed E-state index contributed by atoms with van der Waals surface area (Å²) in [6.45, 7) is 18.8. The maximum Gasteiger partial charge on any atom is 0.197 e. The van der Waals surface area contributed by atoms with E-state index in [1.54, 1.807) is 19.2 Å². The van der Waals surface area contributed by atoms with Gasteiger partial charge >= 0.3 is 0 Å². The number of ether oxygens (including phenoxy) is 5. The molecule has 57 heavy (non-hydrogen) atoms. The van der Waals surface area contributed by atoms with Crippen LogP contribution in [0.15, 0.2) is 66.7 Å². The third kappa shape index (κ3) is 18.5. The van der Waals surface area contributed by atoms with Crippen molar-refractivity contribution in [1.29, 1.82) is 0 Å². The first-order valence-corrected chi connectivity index (χ1v) is 22.7. The number of methoxy groups -OCH3 is 1. The number of hydrogen-bond donors (Lipinski definition) is 1. The van der Waals surface area contributed by atoms with Gasteiger partial charge in [0.05, 0.1) is 20.3 Å². The van der Waals surface area contributed by atoms with Crippen molar-refractivity contribution in [1.82, 2.24) is 0 Å². The third-order valence-electron chi connectivity index (χ3n) is 12.3. The normalized spacial score (nSPS) is 17.4. The second-order valence-corrected chi connectivity index (χ2v) is 16.7. The van der Waals surface area contributed by atoms with Crippen LogP contribution in [0.2, 0.25) is 0 Å². The van der Waals surface area contributed by atoms with E-state index in [1.807, 2.05) is 32.0 Å². The van der Waals surface area contributed by atoms with Gasteiger partial charge in [-0.05, 0) is 129 Å².